The lowest BCUT2D eigenvalue weighted by atomic mass is 10.2. The quantitative estimate of drug-likeness (QED) is 0.786. The van der Waals surface area contributed by atoms with Crippen LogP contribution in [0.3, 0.4) is 0 Å². The van der Waals surface area contributed by atoms with E-state index in [1.807, 2.05) is 0 Å². The zero-order valence-electron chi connectivity index (χ0n) is 14.1. The maximum Gasteiger partial charge on any atom is 0.348 e. The molecule has 0 aliphatic heterocycles. The van der Waals surface area contributed by atoms with Gasteiger partial charge in [0.1, 0.15) is 15.5 Å². The second-order valence-corrected chi connectivity index (χ2v) is 6.52. The Balaban J connectivity index is 2.41. The Kier molecular flexibility index (Phi) is 5.90. The highest BCUT2D eigenvalue weighted by Gasteiger charge is 2.20. The van der Waals surface area contributed by atoms with Crippen LogP contribution in [0.15, 0.2) is 4.79 Å². The summed E-state index contributed by atoms with van der Waals surface area (Å²) in [6, 6.07) is 0. The Hall–Kier alpha value is -1.73. The molecule has 0 fully saturated rings. The minimum atomic E-state index is -0.426. The summed E-state index contributed by atoms with van der Waals surface area (Å²) in [7, 11) is 1.34. The molecular formula is C16H23N3O3S. The van der Waals surface area contributed by atoms with E-state index in [9.17, 15) is 9.59 Å². The number of carbonyl (C=O) groups is 1. The fourth-order valence-corrected chi connectivity index (χ4v) is 3.78. The van der Waals surface area contributed by atoms with Gasteiger partial charge in [-0.25, -0.2) is 9.78 Å². The van der Waals surface area contributed by atoms with Crippen LogP contribution in [0.25, 0.3) is 10.2 Å². The molecule has 0 unspecified atom stereocenters. The highest BCUT2D eigenvalue weighted by Crippen LogP contribution is 2.27. The third-order valence-electron chi connectivity index (χ3n) is 3.67. The molecule has 126 valence electrons. The largest absolute Gasteiger partial charge is 0.465 e. The lowest BCUT2D eigenvalue weighted by Gasteiger charge is -2.19. The standard InChI is InChI=1S/C16H23N3O3S/c1-5-7-19(8-6-2)9-11-17-14(20)12-10(3)13(16(21)22-4)23-15(12)18-11/h5-9H2,1-4H3,(H,17,18,20). The molecular weight excluding hydrogens is 314 g/mol. The van der Waals surface area contributed by atoms with Gasteiger partial charge in [-0.15, -0.1) is 11.3 Å². The van der Waals surface area contributed by atoms with Crippen molar-refractivity contribution in [2.24, 2.45) is 0 Å². The first kappa shape index (κ1) is 17.6. The highest BCUT2D eigenvalue weighted by molar-refractivity contribution is 7.20. The normalized spacial score (nSPS) is 11.3. The summed E-state index contributed by atoms with van der Waals surface area (Å²) in [6.45, 7) is 8.55. The smallest absolute Gasteiger partial charge is 0.348 e. The molecule has 0 aliphatic carbocycles. The van der Waals surface area contributed by atoms with Gasteiger partial charge in [0.2, 0.25) is 0 Å². The zero-order valence-corrected chi connectivity index (χ0v) is 14.9. The molecule has 0 amide bonds. The molecule has 0 atom stereocenters. The number of hydrogen-bond donors (Lipinski definition) is 1. The van der Waals surface area contributed by atoms with E-state index in [4.69, 9.17) is 4.74 Å². The summed E-state index contributed by atoms with van der Waals surface area (Å²) in [5.74, 6) is 0.215. The Morgan fingerprint density at radius 3 is 2.52 bits per heavy atom. The Labute approximate surface area is 139 Å². The van der Waals surface area contributed by atoms with Crippen molar-refractivity contribution in [1.82, 2.24) is 14.9 Å². The molecule has 0 bridgehead atoms. The van der Waals surface area contributed by atoms with E-state index in [1.165, 1.54) is 18.4 Å². The van der Waals surface area contributed by atoms with Crippen molar-refractivity contribution < 1.29 is 9.53 Å². The first-order valence-electron chi connectivity index (χ1n) is 7.84. The molecule has 0 spiro atoms. The monoisotopic (exact) mass is 337 g/mol. The van der Waals surface area contributed by atoms with Crippen LogP contribution in [0.4, 0.5) is 0 Å². The Bertz CT molecular complexity index is 745. The predicted molar refractivity (Wildman–Crippen MR) is 92.2 cm³/mol. The van der Waals surface area contributed by atoms with Gasteiger partial charge >= 0.3 is 5.97 Å². The number of aromatic amines is 1. The number of rotatable bonds is 7. The lowest BCUT2D eigenvalue weighted by Crippen LogP contribution is -2.27. The Morgan fingerprint density at radius 2 is 1.96 bits per heavy atom. The van der Waals surface area contributed by atoms with Crippen LogP contribution < -0.4 is 5.56 Å². The zero-order chi connectivity index (χ0) is 17.0. The number of H-pyrrole nitrogens is 1. The van der Waals surface area contributed by atoms with E-state index in [0.717, 1.165) is 25.9 Å². The molecule has 0 radical (unpaired) electrons. The van der Waals surface area contributed by atoms with Crippen LogP contribution in [-0.4, -0.2) is 41.0 Å². The lowest BCUT2D eigenvalue weighted by molar-refractivity contribution is 0.0605. The fraction of sp³-hybridized carbons (Fsp3) is 0.562. The maximum absolute atomic E-state index is 12.4. The second-order valence-electron chi connectivity index (χ2n) is 5.52. The minimum absolute atomic E-state index is 0.193. The van der Waals surface area contributed by atoms with Gasteiger partial charge in [-0.05, 0) is 38.4 Å². The van der Waals surface area contributed by atoms with Gasteiger partial charge < -0.3 is 9.72 Å². The predicted octanol–water partition coefficient (Wildman–Crippen LogP) is 2.70. The molecule has 0 aliphatic rings. The molecule has 0 saturated carbocycles. The van der Waals surface area contributed by atoms with Crippen LogP contribution >= 0.6 is 11.3 Å². The molecule has 6 nitrogen and oxygen atoms in total. The van der Waals surface area contributed by atoms with E-state index >= 15 is 0 Å². The summed E-state index contributed by atoms with van der Waals surface area (Å²) < 4.78 is 4.77. The topological polar surface area (TPSA) is 75.3 Å². The number of carbonyl (C=O) groups excluding carboxylic acids is 1. The number of esters is 1. The molecule has 23 heavy (non-hydrogen) atoms. The van der Waals surface area contributed by atoms with E-state index in [-0.39, 0.29) is 5.56 Å². The summed E-state index contributed by atoms with van der Waals surface area (Å²) >= 11 is 1.21. The number of nitrogens with one attached hydrogen (secondary N) is 1. The number of nitrogens with zero attached hydrogens (tertiary/aromatic N) is 2. The number of thiophene rings is 1. The highest BCUT2D eigenvalue weighted by atomic mass is 32.1. The number of hydrogen-bond acceptors (Lipinski definition) is 6. The van der Waals surface area contributed by atoms with E-state index < -0.39 is 5.97 Å². The van der Waals surface area contributed by atoms with Gasteiger partial charge in [0, 0.05) is 0 Å². The molecule has 0 aromatic carbocycles. The average molecular weight is 337 g/mol. The maximum atomic E-state index is 12.4. The first-order chi connectivity index (χ1) is 11.0. The van der Waals surface area contributed by atoms with Crippen molar-refractivity contribution in [1.29, 1.82) is 0 Å². The molecule has 2 aromatic rings. The van der Waals surface area contributed by atoms with Gasteiger partial charge in [0.15, 0.2) is 0 Å². The second kappa shape index (κ2) is 7.70. The van der Waals surface area contributed by atoms with Crippen LogP contribution in [0.1, 0.15) is 47.7 Å². The summed E-state index contributed by atoms with van der Waals surface area (Å²) in [6.07, 6.45) is 2.11. The van der Waals surface area contributed by atoms with Crippen molar-refractivity contribution in [2.75, 3.05) is 20.2 Å². The fourth-order valence-electron chi connectivity index (χ4n) is 2.66. The summed E-state index contributed by atoms with van der Waals surface area (Å²) in [5.41, 5.74) is 0.443. The van der Waals surface area contributed by atoms with Gasteiger partial charge in [-0.2, -0.15) is 0 Å². The molecule has 0 saturated heterocycles. The van der Waals surface area contributed by atoms with Crippen molar-refractivity contribution in [3.05, 3.63) is 26.6 Å². The van der Waals surface area contributed by atoms with Gasteiger partial charge in [0.05, 0.1) is 19.0 Å². The van der Waals surface area contributed by atoms with E-state index in [1.54, 1.807) is 6.92 Å². The molecule has 2 heterocycles. The van der Waals surface area contributed by atoms with Crippen molar-refractivity contribution >= 4 is 27.5 Å². The number of aromatic nitrogens is 2. The van der Waals surface area contributed by atoms with Gasteiger partial charge in [-0.1, -0.05) is 13.8 Å². The molecule has 2 aromatic heterocycles. The van der Waals surface area contributed by atoms with Crippen LogP contribution in [0, 0.1) is 6.92 Å². The Morgan fingerprint density at radius 1 is 1.30 bits per heavy atom. The van der Waals surface area contributed by atoms with Gasteiger partial charge in [-0.3, -0.25) is 9.69 Å². The minimum Gasteiger partial charge on any atom is -0.465 e. The number of ether oxygens (including phenoxy) is 1. The van der Waals surface area contributed by atoms with Crippen molar-refractivity contribution in [2.45, 2.75) is 40.2 Å². The third-order valence-corrected chi connectivity index (χ3v) is 4.84. The molecule has 7 heteroatoms. The van der Waals surface area contributed by atoms with Crippen molar-refractivity contribution in [3.8, 4) is 0 Å². The van der Waals surface area contributed by atoms with Crippen molar-refractivity contribution in [3.63, 3.8) is 0 Å². The van der Waals surface area contributed by atoms with Crippen LogP contribution in [0.5, 0.6) is 0 Å². The number of aryl methyl sites for hydroxylation is 1. The number of methoxy groups -OCH3 is 1. The number of fused-ring (bicyclic) bond motifs is 1. The van der Waals surface area contributed by atoms with E-state index in [2.05, 4.69) is 28.7 Å². The molecule has 1 N–H and O–H groups in total. The van der Waals surface area contributed by atoms with E-state index in [0.29, 0.717) is 33.0 Å². The van der Waals surface area contributed by atoms with Crippen LogP contribution in [0.2, 0.25) is 0 Å². The third kappa shape index (κ3) is 3.79. The van der Waals surface area contributed by atoms with Gasteiger partial charge in [0.25, 0.3) is 5.56 Å². The molecule has 2 rings (SSSR count). The summed E-state index contributed by atoms with van der Waals surface area (Å²) in [4.78, 5) is 34.9. The van der Waals surface area contributed by atoms with Crippen LogP contribution in [-0.2, 0) is 11.3 Å². The SMILES string of the molecule is CCCN(CCC)Cc1nc2sc(C(=O)OC)c(C)c2c(=O)[nH]1. The first-order valence-corrected chi connectivity index (χ1v) is 8.66. The average Bonchev–Trinajstić information content (AvgIpc) is 2.84. The summed E-state index contributed by atoms with van der Waals surface area (Å²) in [5, 5.41) is 0.483.